The van der Waals surface area contributed by atoms with Crippen molar-refractivity contribution in [1.82, 2.24) is 4.90 Å². The van der Waals surface area contributed by atoms with E-state index in [-0.39, 0.29) is 29.0 Å². The van der Waals surface area contributed by atoms with Crippen LogP contribution in [0, 0.1) is 20.9 Å². The lowest BCUT2D eigenvalue weighted by atomic mass is 9.65. The number of ether oxygens (including phenoxy) is 1. The van der Waals surface area contributed by atoms with Gasteiger partial charge in [-0.25, -0.2) is 0 Å². The highest BCUT2D eigenvalue weighted by Gasteiger charge is 2.50. The van der Waals surface area contributed by atoms with Crippen LogP contribution in [0.4, 0.5) is 5.69 Å². The minimum atomic E-state index is -0.457. The molecule has 1 amide bonds. The topological polar surface area (TPSA) is 72.7 Å². The van der Waals surface area contributed by atoms with Crippen LogP contribution in [-0.2, 0) is 4.79 Å². The number of amides is 1. The van der Waals surface area contributed by atoms with E-state index in [1.165, 1.54) is 24.3 Å². The third-order valence-electron chi connectivity index (χ3n) is 5.14. The fourth-order valence-corrected chi connectivity index (χ4v) is 4.64. The van der Waals surface area contributed by atoms with Gasteiger partial charge in [0, 0.05) is 24.7 Å². The van der Waals surface area contributed by atoms with Crippen LogP contribution in [0.5, 0.6) is 5.75 Å². The third-order valence-corrected chi connectivity index (χ3v) is 5.14. The number of hydrogen-bond donors (Lipinski definition) is 0. The van der Waals surface area contributed by atoms with Crippen LogP contribution in [0.3, 0.4) is 0 Å². The van der Waals surface area contributed by atoms with Crippen molar-refractivity contribution in [3.63, 3.8) is 0 Å². The Morgan fingerprint density at radius 1 is 1.29 bits per heavy atom. The molecule has 6 nitrogen and oxygen atoms in total. The molecule has 2 atom stereocenters. The predicted molar refractivity (Wildman–Crippen MR) is 89.8 cm³/mol. The molecule has 3 rings (SSSR count). The lowest BCUT2D eigenvalue weighted by Crippen LogP contribution is -2.40. The minimum Gasteiger partial charge on any atom is -0.484 e. The number of likely N-dealkylation sites (tertiary alicyclic amines) is 1. The number of fused-ring (bicyclic) bond motifs is 2. The fourth-order valence-electron chi connectivity index (χ4n) is 4.64. The second-order valence-corrected chi connectivity index (χ2v) is 8.28. The number of rotatable bonds is 4. The molecule has 0 N–H and O–H groups in total. The summed E-state index contributed by atoms with van der Waals surface area (Å²) in [4.78, 5) is 24.7. The number of nitro benzene ring substituents is 1. The van der Waals surface area contributed by atoms with Gasteiger partial charge in [-0.1, -0.05) is 20.8 Å². The highest BCUT2D eigenvalue weighted by atomic mass is 16.6. The van der Waals surface area contributed by atoms with E-state index in [1.54, 1.807) is 0 Å². The van der Waals surface area contributed by atoms with Gasteiger partial charge < -0.3 is 9.64 Å². The standard InChI is InChI=1S/C18H24N2O4/c1-17(2)8-14-9-18(3,11-17)12-19(14)16(21)10-24-15-6-4-13(5-7-15)20(22)23/h4-7,14H,8-12H2,1-3H3/t14-,18-/m0/s1. The van der Waals surface area contributed by atoms with Gasteiger partial charge in [0.05, 0.1) is 4.92 Å². The second-order valence-electron chi connectivity index (χ2n) is 8.28. The zero-order valence-corrected chi connectivity index (χ0v) is 14.4. The first-order valence-electron chi connectivity index (χ1n) is 8.34. The van der Waals surface area contributed by atoms with E-state index in [9.17, 15) is 14.9 Å². The molecule has 2 bridgehead atoms. The van der Waals surface area contributed by atoms with E-state index in [2.05, 4.69) is 20.8 Å². The lowest BCUT2D eigenvalue weighted by molar-refractivity contribution is -0.384. The Balaban J connectivity index is 1.61. The van der Waals surface area contributed by atoms with E-state index >= 15 is 0 Å². The number of nitrogens with zero attached hydrogens (tertiary/aromatic N) is 2. The van der Waals surface area contributed by atoms with Crippen LogP contribution in [-0.4, -0.2) is 34.9 Å². The lowest BCUT2D eigenvalue weighted by Gasteiger charge is -2.39. The SMILES string of the molecule is CC1(C)C[C@H]2C[C@](C)(CN2C(=O)COc2ccc([N+](=O)[O-])cc2)C1. The van der Waals surface area contributed by atoms with E-state index in [0.29, 0.717) is 11.8 Å². The van der Waals surface area contributed by atoms with E-state index < -0.39 is 4.92 Å². The summed E-state index contributed by atoms with van der Waals surface area (Å²) in [6.45, 7) is 7.59. The van der Waals surface area contributed by atoms with Crippen LogP contribution in [0.1, 0.15) is 40.0 Å². The first kappa shape index (κ1) is 16.7. The van der Waals surface area contributed by atoms with Crippen LogP contribution >= 0.6 is 0 Å². The van der Waals surface area contributed by atoms with E-state index in [1.807, 2.05) is 4.90 Å². The highest BCUT2D eigenvalue weighted by molar-refractivity contribution is 5.78. The predicted octanol–water partition coefficient (Wildman–Crippen LogP) is 3.40. The molecule has 6 heteroatoms. The number of nitro groups is 1. The normalized spacial score (nSPS) is 27.8. The molecule has 2 aliphatic rings. The molecule has 1 saturated carbocycles. The molecule has 0 spiro atoms. The smallest absolute Gasteiger partial charge is 0.269 e. The monoisotopic (exact) mass is 332 g/mol. The Hall–Kier alpha value is -2.11. The average molecular weight is 332 g/mol. The van der Waals surface area contributed by atoms with E-state index in [0.717, 1.165) is 25.8 Å². The summed E-state index contributed by atoms with van der Waals surface area (Å²) in [5.41, 5.74) is 0.485. The van der Waals surface area contributed by atoms with Gasteiger partial charge in [-0.3, -0.25) is 14.9 Å². The molecule has 1 aliphatic heterocycles. The van der Waals surface area contributed by atoms with Crippen molar-refractivity contribution in [1.29, 1.82) is 0 Å². The summed E-state index contributed by atoms with van der Waals surface area (Å²) in [5, 5.41) is 10.6. The molecule has 1 saturated heterocycles. The van der Waals surface area contributed by atoms with Crippen LogP contribution < -0.4 is 4.74 Å². The van der Waals surface area contributed by atoms with Gasteiger partial charge in [-0.15, -0.1) is 0 Å². The van der Waals surface area contributed by atoms with Gasteiger partial charge in [0.15, 0.2) is 6.61 Å². The number of benzene rings is 1. The van der Waals surface area contributed by atoms with Gasteiger partial charge in [-0.2, -0.15) is 0 Å². The minimum absolute atomic E-state index is 0.000206. The Labute approximate surface area is 141 Å². The first-order chi connectivity index (χ1) is 11.2. The summed E-state index contributed by atoms with van der Waals surface area (Å²) in [7, 11) is 0. The molecule has 0 radical (unpaired) electrons. The Morgan fingerprint density at radius 2 is 1.96 bits per heavy atom. The van der Waals surface area contributed by atoms with Crippen molar-refractivity contribution in [3.8, 4) is 5.75 Å². The molecule has 2 fully saturated rings. The van der Waals surface area contributed by atoms with Crippen LogP contribution in [0.2, 0.25) is 0 Å². The van der Waals surface area contributed by atoms with Gasteiger partial charge in [0.25, 0.3) is 11.6 Å². The summed E-state index contributed by atoms with van der Waals surface area (Å²) < 4.78 is 5.53. The summed E-state index contributed by atoms with van der Waals surface area (Å²) >= 11 is 0. The molecule has 24 heavy (non-hydrogen) atoms. The molecular formula is C18H24N2O4. The zero-order chi connectivity index (χ0) is 17.5. The Kier molecular flexibility index (Phi) is 4.01. The van der Waals surface area contributed by atoms with Gasteiger partial charge in [-0.05, 0) is 42.2 Å². The van der Waals surface area contributed by atoms with E-state index in [4.69, 9.17) is 4.74 Å². The maximum absolute atomic E-state index is 12.6. The zero-order valence-electron chi connectivity index (χ0n) is 14.4. The molecular weight excluding hydrogens is 308 g/mol. The fraction of sp³-hybridized carbons (Fsp3) is 0.611. The molecule has 1 aromatic rings. The molecule has 0 aromatic heterocycles. The van der Waals surface area contributed by atoms with Gasteiger partial charge in [0.2, 0.25) is 0 Å². The first-order valence-corrected chi connectivity index (χ1v) is 8.34. The maximum Gasteiger partial charge on any atom is 0.269 e. The van der Waals surface area contributed by atoms with Crippen molar-refractivity contribution >= 4 is 11.6 Å². The maximum atomic E-state index is 12.6. The van der Waals surface area contributed by atoms with Crippen molar-refractivity contribution < 1.29 is 14.5 Å². The summed E-state index contributed by atoms with van der Waals surface area (Å²) in [5.74, 6) is 0.474. The highest BCUT2D eigenvalue weighted by Crippen LogP contribution is 2.52. The van der Waals surface area contributed by atoms with Crippen molar-refractivity contribution in [2.24, 2.45) is 10.8 Å². The summed E-state index contributed by atoms with van der Waals surface area (Å²) in [6.07, 6.45) is 3.25. The molecule has 1 aliphatic carbocycles. The quantitative estimate of drug-likeness (QED) is 0.626. The van der Waals surface area contributed by atoms with Crippen molar-refractivity contribution in [2.45, 2.75) is 46.1 Å². The van der Waals surface area contributed by atoms with Crippen LogP contribution in [0.15, 0.2) is 24.3 Å². The largest absolute Gasteiger partial charge is 0.484 e. The Bertz CT molecular complexity index is 655. The number of carbonyl (C=O) groups is 1. The third kappa shape index (κ3) is 3.37. The second kappa shape index (κ2) is 5.76. The molecule has 1 aromatic carbocycles. The summed E-state index contributed by atoms with van der Waals surface area (Å²) in [6, 6.07) is 6.11. The van der Waals surface area contributed by atoms with Crippen molar-refractivity contribution in [2.75, 3.05) is 13.2 Å². The number of non-ortho nitro benzene ring substituents is 1. The number of carbonyl (C=O) groups excluding carboxylic acids is 1. The number of hydrogen-bond acceptors (Lipinski definition) is 4. The average Bonchev–Trinajstić information content (AvgIpc) is 2.74. The van der Waals surface area contributed by atoms with Gasteiger partial charge >= 0.3 is 0 Å². The Morgan fingerprint density at radius 3 is 2.58 bits per heavy atom. The molecule has 0 unspecified atom stereocenters. The van der Waals surface area contributed by atoms with Crippen LogP contribution in [0.25, 0.3) is 0 Å². The van der Waals surface area contributed by atoms with Crippen molar-refractivity contribution in [3.05, 3.63) is 34.4 Å². The molecule has 130 valence electrons. The molecule has 1 heterocycles. The van der Waals surface area contributed by atoms with Gasteiger partial charge in [0.1, 0.15) is 5.75 Å².